The van der Waals surface area contributed by atoms with Crippen molar-refractivity contribution in [3.05, 3.63) is 53.6 Å². The van der Waals surface area contributed by atoms with Gasteiger partial charge in [-0.15, -0.1) is 0 Å². The van der Waals surface area contributed by atoms with Gasteiger partial charge in [0.25, 0.3) is 5.91 Å². The molecule has 2 heterocycles. The van der Waals surface area contributed by atoms with Crippen LogP contribution in [0.2, 0.25) is 0 Å². The van der Waals surface area contributed by atoms with E-state index in [2.05, 4.69) is 5.32 Å². The average molecular weight is 429 g/mol. The van der Waals surface area contributed by atoms with Crippen molar-refractivity contribution >= 4 is 27.7 Å². The maximum atomic E-state index is 13.1. The smallest absolute Gasteiger partial charge is 0.255 e. The van der Waals surface area contributed by atoms with Gasteiger partial charge in [0.2, 0.25) is 10.0 Å². The standard InChI is InChI=1S/C22H24N2O5S/c1-28-20-10-9-18(14-21(20)30(26,27)24-11-5-2-6-12-24)23-22(25)17-13-16-7-3-4-8-19(16)29-15-17/h3-4,7-10,13-14H,2,5-6,11-12,15H2,1H3,(H,23,25). The fourth-order valence-corrected chi connectivity index (χ4v) is 5.36. The lowest BCUT2D eigenvalue weighted by Crippen LogP contribution is -2.35. The van der Waals surface area contributed by atoms with Crippen molar-refractivity contribution in [2.75, 3.05) is 32.1 Å². The van der Waals surface area contributed by atoms with E-state index in [1.54, 1.807) is 18.2 Å². The van der Waals surface area contributed by atoms with E-state index in [-0.39, 0.29) is 23.2 Å². The summed E-state index contributed by atoms with van der Waals surface area (Å²) in [6, 6.07) is 12.1. The van der Waals surface area contributed by atoms with E-state index in [4.69, 9.17) is 9.47 Å². The summed E-state index contributed by atoms with van der Waals surface area (Å²) >= 11 is 0. The van der Waals surface area contributed by atoms with Gasteiger partial charge in [0.1, 0.15) is 23.0 Å². The van der Waals surface area contributed by atoms with E-state index < -0.39 is 10.0 Å². The fourth-order valence-electron chi connectivity index (χ4n) is 3.66. The number of benzene rings is 2. The van der Waals surface area contributed by atoms with E-state index in [1.165, 1.54) is 17.5 Å². The normalized spacial score (nSPS) is 16.8. The Morgan fingerprint density at radius 3 is 2.63 bits per heavy atom. The van der Waals surface area contributed by atoms with Crippen LogP contribution >= 0.6 is 0 Å². The number of methoxy groups -OCH3 is 1. The molecule has 0 spiro atoms. The number of hydrogen-bond acceptors (Lipinski definition) is 5. The van der Waals surface area contributed by atoms with E-state index in [0.29, 0.717) is 24.4 Å². The van der Waals surface area contributed by atoms with Crippen LogP contribution in [-0.4, -0.2) is 45.4 Å². The zero-order valence-corrected chi connectivity index (χ0v) is 17.6. The number of carbonyl (C=O) groups excluding carboxylic acids is 1. The van der Waals surface area contributed by atoms with Crippen molar-refractivity contribution < 1.29 is 22.7 Å². The van der Waals surface area contributed by atoms with Gasteiger partial charge in [-0.1, -0.05) is 24.6 Å². The van der Waals surface area contributed by atoms with Crippen LogP contribution in [0.4, 0.5) is 5.69 Å². The van der Waals surface area contributed by atoms with Gasteiger partial charge in [0, 0.05) is 24.3 Å². The molecule has 0 radical (unpaired) electrons. The largest absolute Gasteiger partial charge is 0.495 e. The lowest BCUT2D eigenvalue weighted by molar-refractivity contribution is -0.113. The summed E-state index contributed by atoms with van der Waals surface area (Å²) in [7, 11) is -2.28. The van der Waals surface area contributed by atoms with Crippen molar-refractivity contribution in [3.8, 4) is 11.5 Å². The number of hydrogen-bond donors (Lipinski definition) is 1. The van der Waals surface area contributed by atoms with Gasteiger partial charge >= 0.3 is 0 Å². The molecule has 1 N–H and O–H groups in total. The van der Waals surface area contributed by atoms with Crippen molar-refractivity contribution in [1.82, 2.24) is 4.31 Å². The third kappa shape index (κ3) is 4.06. The van der Waals surface area contributed by atoms with E-state index in [9.17, 15) is 13.2 Å². The number of fused-ring (bicyclic) bond motifs is 1. The first-order chi connectivity index (χ1) is 14.5. The minimum atomic E-state index is -3.71. The van der Waals surface area contributed by atoms with E-state index in [0.717, 1.165) is 30.6 Å². The highest BCUT2D eigenvalue weighted by atomic mass is 32.2. The Kier molecular flexibility index (Phi) is 5.78. The second-order valence-electron chi connectivity index (χ2n) is 7.28. The molecule has 2 aromatic carbocycles. The Hall–Kier alpha value is -2.84. The molecular weight excluding hydrogens is 404 g/mol. The molecule has 30 heavy (non-hydrogen) atoms. The number of ether oxygens (including phenoxy) is 2. The second-order valence-corrected chi connectivity index (χ2v) is 9.19. The predicted octanol–water partition coefficient (Wildman–Crippen LogP) is 3.28. The van der Waals surface area contributed by atoms with E-state index >= 15 is 0 Å². The Labute approximate surface area is 176 Å². The van der Waals surface area contributed by atoms with Gasteiger partial charge in [0.15, 0.2) is 0 Å². The van der Waals surface area contributed by atoms with Crippen LogP contribution < -0.4 is 14.8 Å². The summed E-state index contributed by atoms with van der Waals surface area (Å²) in [5.74, 6) is 0.650. The van der Waals surface area contributed by atoms with Gasteiger partial charge < -0.3 is 14.8 Å². The molecule has 0 atom stereocenters. The van der Waals surface area contributed by atoms with Crippen LogP contribution in [0.15, 0.2) is 52.9 Å². The minimum absolute atomic E-state index is 0.0592. The molecule has 0 saturated carbocycles. The summed E-state index contributed by atoms with van der Waals surface area (Å²) in [5, 5.41) is 2.78. The summed E-state index contributed by atoms with van der Waals surface area (Å²) < 4.78 is 38.7. The molecule has 0 aliphatic carbocycles. The Morgan fingerprint density at radius 1 is 1.10 bits per heavy atom. The van der Waals surface area contributed by atoms with Crippen LogP contribution in [0.5, 0.6) is 11.5 Å². The Bertz CT molecular complexity index is 1090. The molecule has 1 amide bonds. The molecule has 8 heteroatoms. The lowest BCUT2D eigenvalue weighted by Gasteiger charge is -2.26. The van der Waals surface area contributed by atoms with Gasteiger partial charge in [-0.3, -0.25) is 4.79 Å². The number of carbonyl (C=O) groups is 1. The number of rotatable bonds is 5. The molecule has 1 saturated heterocycles. The first-order valence-electron chi connectivity index (χ1n) is 9.91. The first-order valence-corrected chi connectivity index (χ1v) is 11.3. The molecule has 2 aliphatic heterocycles. The second kappa shape index (κ2) is 8.49. The van der Waals surface area contributed by atoms with Crippen molar-refractivity contribution in [2.45, 2.75) is 24.2 Å². The van der Waals surface area contributed by atoms with Crippen LogP contribution in [0.1, 0.15) is 24.8 Å². The third-order valence-electron chi connectivity index (χ3n) is 5.28. The van der Waals surface area contributed by atoms with Crippen molar-refractivity contribution in [3.63, 3.8) is 0 Å². The maximum Gasteiger partial charge on any atom is 0.255 e. The maximum absolute atomic E-state index is 13.1. The predicted molar refractivity (Wildman–Crippen MR) is 114 cm³/mol. The van der Waals surface area contributed by atoms with Gasteiger partial charge in [0.05, 0.1) is 12.7 Å². The van der Waals surface area contributed by atoms with Crippen LogP contribution in [0, 0.1) is 0 Å². The third-order valence-corrected chi connectivity index (χ3v) is 7.20. The quantitative estimate of drug-likeness (QED) is 0.790. The highest BCUT2D eigenvalue weighted by molar-refractivity contribution is 7.89. The number of nitrogens with one attached hydrogen (secondary N) is 1. The molecule has 158 valence electrons. The number of sulfonamides is 1. The highest BCUT2D eigenvalue weighted by Crippen LogP contribution is 2.32. The van der Waals surface area contributed by atoms with Crippen molar-refractivity contribution in [1.29, 1.82) is 0 Å². The number of piperidine rings is 1. The zero-order chi connectivity index (χ0) is 21.1. The number of anilines is 1. The SMILES string of the molecule is COc1ccc(NC(=O)C2=Cc3ccccc3OC2)cc1S(=O)(=O)N1CCCCC1. The fraction of sp³-hybridized carbons (Fsp3) is 0.318. The van der Waals surface area contributed by atoms with E-state index in [1.807, 2.05) is 24.3 Å². The molecule has 0 bridgehead atoms. The lowest BCUT2D eigenvalue weighted by atomic mass is 10.1. The molecule has 7 nitrogen and oxygen atoms in total. The van der Waals surface area contributed by atoms with Crippen molar-refractivity contribution in [2.24, 2.45) is 0 Å². The summed E-state index contributed by atoms with van der Waals surface area (Å²) in [6.07, 6.45) is 4.49. The van der Waals surface area contributed by atoms with Crippen LogP contribution in [0.25, 0.3) is 6.08 Å². The van der Waals surface area contributed by atoms with Gasteiger partial charge in [-0.25, -0.2) is 8.42 Å². The first kappa shape index (κ1) is 20.4. The average Bonchev–Trinajstić information content (AvgIpc) is 2.79. The molecule has 4 rings (SSSR count). The molecule has 2 aliphatic rings. The van der Waals surface area contributed by atoms with Gasteiger partial charge in [-0.05, 0) is 43.2 Å². The molecule has 1 fully saturated rings. The summed E-state index contributed by atoms with van der Waals surface area (Å²) in [4.78, 5) is 12.8. The van der Waals surface area contributed by atoms with Crippen LogP contribution in [-0.2, 0) is 14.8 Å². The molecule has 0 unspecified atom stereocenters. The number of amides is 1. The number of para-hydroxylation sites is 1. The zero-order valence-electron chi connectivity index (χ0n) is 16.8. The highest BCUT2D eigenvalue weighted by Gasteiger charge is 2.29. The number of nitrogens with zero attached hydrogens (tertiary/aromatic N) is 1. The minimum Gasteiger partial charge on any atom is -0.495 e. The van der Waals surface area contributed by atoms with Crippen LogP contribution in [0.3, 0.4) is 0 Å². The molecule has 2 aromatic rings. The molecular formula is C22H24N2O5S. The summed E-state index contributed by atoms with van der Waals surface area (Å²) in [6.45, 7) is 1.13. The summed E-state index contributed by atoms with van der Waals surface area (Å²) in [5.41, 5.74) is 1.68. The topological polar surface area (TPSA) is 84.9 Å². The molecule has 0 aromatic heterocycles. The monoisotopic (exact) mass is 428 g/mol. The van der Waals surface area contributed by atoms with Gasteiger partial charge in [-0.2, -0.15) is 4.31 Å². The Balaban J connectivity index is 1.59. The Morgan fingerprint density at radius 2 is 1.87 bits per heavy atom.